The van der Waals surface area contributed by atoms with E-state index in [1.165, 1.54) is 10.9 Å². The molecule has 5 heteroatoms. The molecule has 0 radical (unpaired) electrons. The number of aromatic nitrogens is 2. The van der Waals surface area contributed by atoms with Gasteiger partial charge in [-0.15, -0.1) is 0 Å². The highest BCUT2D eigenvalue weighted by Gasteiger charge is 2.35. The monoisotopic (exact) mass is 435 g/mol. The van der Waals surface area contributed by atoms with E-state index in [-0.39, 0.29) is 11.9 Å². The van der Waals surface area contributed by atoms with Crippen LogP contribution in [0.15, 0.2) is 78.9 Å². The molecule has 0 spiro atoms. The fourth-order valence-electron chi connectivity index (χ4n) is 5.09. The fourth-order valence-corrected chi connectivity index (χ4v) is 5.09. The van der Waals surface area contributed by atoms with Gasteiger partial charge in [0.25, 0.3) is 5.91 Å². The zero-order valence-corrected chi connectivity index (χ0v) is 18.5. The van der Waals surface area contributed by atoms with E-state index in [1.807, 2.05) is 60.4 Å². The Bertz CT molecular complexity index is 1450. The Morgan fingerprint density at radius 1 is 0.970 bits per heavy atom. The first-order valence-corrected chi connectivity index (χ1v) is 11.4. The third kappa shape index (κ3) is 3.28. The van der Waals surface area contributed by atoms with Gasteiger partial charge in [-0.3, -0.25) is 4.79 Å². The van der Waals surface area contributed by atoms with Gasteiger partial charge in [-0.05, 0) is 54.8 Å². The van der Waals surface area contributed by atoms with Gasteiger partial charge in [-0.2, -0.15) is 0 Å². The predicted molar refractivity (Wildman–Crippen MR) is 131 cm³/mol. The van der Waals surface area contributed by atoms with E-state index in [0.717, 1.165) is 39.8 Å². The number of rotatable bonds is 4. The Kier molecular flexibility index (Phi) is 4.68. The molecule has 2 N–H and O–H groups in total. The van der Waals surface area contributed by atoms with Crippen LogP contribution < -0.4 is 4.74 Å². The molecule has 1 amide bonds. The van der Waals surface area contributed by atoms with Crippen molar-refractivity contribution in [3.05, 3.63) is 101 Å². The zero-order valence-electron chi connectivity index (χ0n) is 18.5. The quantitative estimate of drug-likeness (QED) is 0.373. The van der Waals surface area contributed by atoms with Crippen molar-refractivity contribution in [2.45, 2.75) is 19.4 Å². The van der Waals surface area contributed by atoms with Crippen LogP contribution in [-0.4, -0.2) is 33.9 Å². The van der Waals surface area contributed by atoms with Crippen LogP contribution in [0.2, 0.25) is 0 Å². The highest BCUT2D eigenvalue weighted by Crippen LogP contribution is 2.40. The van der Waals surface area contributed by atoms with Crippen LogP contribution in [0.1, 0.15) is 40.3 Å². The van der Waals surface area contributed by atoms with E-state index in [1.54, 1.807) is 0 Å². The van der Waals surface area contributed by atoms with Crippen molar-refractivity contribution in [2.24, 2.45) is 0 Å². The van der Waals surface area contributed by atoms with E-state index in [2.05, 4.69) is 40.3 Å². The lowest BCUT2D eigenvalue weighted by Gasteiger charge is -2.36. The molecule has 3 aromatic carbocycles. The summed E-state index contributed by atoms with van der Waals surface area (Å²) in [5, 5.41) is 2.27. The average Bonchev–Trinajstić information content (AvgIpc) is 3.45. The molecule has 2 aromatic heterocycles. The SMILES string of the molecule is CCOc1cccc(C2c3[nH]c4ccccc4c3CCN2C(=O)c2cc3ccccc3[nH]2)c1. The van der Waals surface area contributed by atoms with Crippen molar-refractivity contribution in [2.75, 3.05) is 13.2 Å². The molecule has 0 bridgehead atoms. The van der Waals surface area contributed by atoms with Gasteiger partial charge in [0, 0.05) is 34.0 Å². The number of carbonyl (C=O) groups excluding carboxylic acids is 1. The van der Waals surface area contributed by atoms with Crippen molar-refractivity contribution in [3.63, 3.8) is 0 Å². The molecule has 5 aromatic rings. The number of fused-ring (bicyclic) bond motifs is 4. The number of amides is 1. The van der Waals surface area contributed by atoms with Gasteiger partial charge in [0.15, 0.2) is 0 Å². The minimum absolute atomic E-state index is 0.00215. The molecule has 5 nitrogen and oxygen atoms in total. The van der Waals surface area contributed by atoms with Crippen LogP contribution in [0, 0.1) is 0 Å². The standard InChI is InChI=1S/C28H25N3O2/c1-2-33-20-10-7-9-19(16-20)27-26-22(21-11-4-6-13-24(21)30-26)14-15-31(27)28(32)25-17-18-8-3-5-12-23(18)29-25/h3-13,16-17,27,29-30H,2,14-15H2,1H3. The van der Waals surface area contributed by atoms with Crippen LogP contribution in [-0.2, 0) is 6.42 Å². The summed E-state index contributed by atoms with van der Waals surface area (Å²) in [4.78, 5) is 22.8. The van der Waals surface area contributed by atoms with E-state index >= 15 is 0 Å². The Morgan fingerprint density at radius 3 is 2.64 bits per heavy atom. The Balaban J connectivity index is 1.49. The van der Waals surface area contributed by atoms with Gasteiger partial charge < -0.3 is 19.6 Å². The number of nitrogens with one attached hydrogen (secondary N) is 2. The van der Waals surface area contributed by atoms with Crippen molar-refractivity contribution in [3.8, 4) is 5.75 Å². The topological polar surface area (TPSA) is 61.1 Å². The number of carbonyl (C=O) groups is 1. The van der Waals surface area contributed by atoms with E-state index in [4.69, 9.17) is 4.74 Å². The number of H-pyrrole nitrogens is 2. The first-order chi connectivity index (χ1) is 16.2. The van der Waals surface area contributed by atoms with Gasteiger partial charge in [0.2, 0.25) is 0 Å². The van der Waals surface area contributed by atoms with E-state index in [0.29, 0.717) is 18.8 Å². The van der Waals surface area contributed by atoms with Gasteiger partial charge in [-0.25, -0.2) is 0 Å². The summed E-state index contributed by atoms with van der Waals surface area (Å²) in [6.07, 6.45) is 0.812. The summed E-state index contributed by atoms with van der Waals surface area (Å²) in [5.41, 5.74) is 6.10. The first-order valence-electron chi connectivity index (χ1n) is 11.4. The molecular formula is C28H25N3O2. The van der Waals surface area contributed by atoms with Crippen molar-refractivity contribution >= 4 is 27.7 Å². The van der Waals surface area contributed by atoms with Crippen LogP contribution >= 0.6 is 0 Å². The lowest BCUT2D eigenvalue weighted by Crippen LogP contribution is -2.40. The summed E-state index contributed by atoms with van der Waals surface area (Å²) >= 11 is 0. The second-order valence-electron chi connectivity index (χ2n) is 8.49. The number of para-hydroxylation sites is 2. The average molecular weight is 436 g/mol. The molecule has 1 atom stereocenters. The molecule has 0 aliphatic carbocycles. The van der Waals surface area contributed by atoms with Crippen molar-refractivity contribution < 1.29 is 9.53 Å². The second kappa shape index (κ2) is 7.85. The van der Waals surface area contributed by atoms with Crippen molar-refractivity contribution in [1.29, 1.82) is 0 Å². The van der Waals surface area contributed by atoms with Gasteiger partial charge >= 0.3 is 0 Å². The number of benzene rings is 3. The Morgan fingerprint density at radius 2 is 1.79 bits per heavy atom. The number of ether oxygens (including phenoxy) is 1. The predicted octanol–water partition coefficient (Wildman–Crippen LogP) is 5.84. The summed E-state index contributed by atoms with van der Waals surface area (Å²) in [6.45, 7) is 3.23. The normalized spacial score (nSPS) is 15.7. The molecule has 164 valence electrons. The maximum absolute atomic E-state index is 13.8. The maximum Gasteiger partial charge on any atom is 0.271 e. The molecule has 0 saturated heterocycles. The van der Waals surface area contributed by atoms with Crippen LogP contribution in [0.3, 0.4) is 0 Å². The first kappa shape index (κ1) is 19.7. The molecule has 1 aliphatic rings. The molecular weight excluding hydrogens is 410 g/mol. The van der Waals surface area contributed by atoms with Crippen LogP contribution in [0.25, 0.3) is 21.8 Å². The van der Waals surface area contributed by atoms with E-state index in [9.17, 15) is 4.79 Å². The Hall–Kier alpha value is -3.99. The fraction of sp³-hybridized carbons (Fsp3) is 0.179. The second-order valence-corrected chi connectivity index (χ2v) is 8.49. The summed E-state index contributed by atoms with van der Waals surface area (Å²) in [7, 11) is 0. The highest BCUT2D eigenvalue weighted by molar-refractivity contribution is 5.99. The number of hydrogen-bond acceptors (Lipinski definition) is 2. The lowest BCUT2D eigenvalue weighted by atomic mass is 9.92. The lowest BCUT2D eigenvalue weighted by molar-refractivity contribution is 0.0686. The smallest absolute Gasteiger partial charge is 0.271 e. The summed E-state index contributed by atoms with van der Waals surface area (Å²) in [6, 6.07) is 26.2. The number of aromatic amines is 2. The summed E-state index contributed by atoms with van der Waals surface area (Å²) in [5.74, 6) is 0.818. The highest BCUT2D eigenvalue weighted by atomic mass is 16.5. The molecule has 6 rings (SSSR count). The third-order valence-corrected chi connectivity index (χ3v) is 6.54. The number of hydrogen-bond donors (Lipinski definition) is 2. The van der Waals surface area contributed by atoms with Crippen molar-refractivity contribution in [1.82, 2.24) is 14.9 Å². The third-order valence-electron chi connectivity index (χ3n) is 6.54. The summed E-state index contributed by atoms with van der Waals surface area (Å²) < 4.78 is 5.78. The minimum atomic E-state index is -0.222. The van der Waals surface area contributed by atoms with Crippen LogP contribution in [0.5, 0.6) is 5.75 Å². The molecule has 0 saturated carbocycles. The molecule has 1 unspecified atom stereocenters. The molecule has 33 heavy (non-hydrogen) atoms. The molecule has 1 aliphatic heterocycles. The van der Waals surface area contributed by atoms with Crippen LogP contribution in [0.4, 0.5) is 0 Å². The largest absolute Gasteiger partial charge is 0.494 e. The minimum Gasteiger partial charge on any atom is -0.494 e. The number of nitrogens with zero attached hydrogens (tertiary/aromatic N) is 1. The zero-order chi connectivity index (χ0) is 22.4. The van der Waals surface area contributed by atoms with E-state index < -0.39 is 0 Å². The van der Waals surface area contributed by atoms with Gasteiger partial charge in [-0.1, -0.05) is 48.5 Å². The van der Waals surface area contributed by atoms with Gasteiger partial charge in [0.1, 0.15) is 11.4 Å². The molecule has 3 heterocycles. The molecule has 0 fully saturated rings. The Labute approximate surface area is 192 Å². The maximum atomic E-state index is 13.8. The van der Waals surface area contributed by atoms with Gasteiger partial charge in [0.05, 0.1) is 12.6 Å².